The van der Waals surface area contributed by atoms with Crippen molar-refractivity contribution in [3.05, 3.63) is 36.3 Å². The number of piperazine rings is 1. The predicted molar refractivity (Wildman–Crippen MR) is 73.2 cm³/mol. The van der Waals surface area contributed by atoms with Gasteiger partial charge >= 0.3 is 0 Å². The number of pyridine rings is 1. The Bertz CT molecular complexity index is 523. The van der Waals surface area contributed by atoms with Crippen LogP contribution in [0, 0.1) is 0 Å². The summed E-state index contributed by atoms with van der Waals surface area (Å²) in [7, 11) is 0. The molecule has 4 N–H and O–H groups in total. The SMILES string of the molecule is NCN1CCNCC1c1[nH]ncc1-c1ccccn1. The van der Waals surface area contributed by atoms with Gasteiger partial charge in [0, 0.05) is 38.1 Å². The van der Waals surface area contributed by atoms with Crippen LogP contribution in [0.2, 0.25) is 0 Å². The zero-order chi connectivity index (χ0) is 13.1. The van der Waals surface area contributed by atoms with Crippen LogP contribution in [0.5, 0.6) is 0 Å². The quantitative estimate of drug-likeness (QED) is 0.739. The number of nitrogens with one attached hydrogen (secondary N) is 2. The molecule has 0 bridgehead atoms. The third-order valence-corrected chi connectivity index (χ3v) is 3.53. The van der Waals surface area contributed by atoms with Crippen molar-refractivity contribution in [1.29, 1.82) is 0 Å². The molecule has 3 rings (SSSR count). The van der Waals surface area contributed by atoms with Crippen molar-refractivity contribution in [2.24, 2.45) is 5.73 Å². The average molecular weight is 258 g/mol. The highest BCUT2D eigenvalue weighted by Crippen LogP contribution is 2.28. The summed E-state index contributed by atoms with van der Waals surface area (Å²) < 4.78 is 0. The fourth-order valence-corrected chi connectivity index (χ4v) is 2.53. The molecule has 6 nitrogen and oxygen atoms in total. The van der Waals surface area contributed by atoms with Gasteiger partial charge in [-0.3, -0.25) is 15.0 Å². The summed E-state index contributed by atoms with van der Waals surface area (Å²) in [6, 6.07) is 6.12. The molecule has 1 aliphatic rings. The van der Waals surface area contributed by atoms with Crippen LogP contribution in [0.3, 0.4) is 0 Å². The van der Waals surface area contributed by atoms with Crippen molar-refractivity contribution in [2.45, 2.75) is 6.04 Å². The number of aromatic nitrogens is 3. The maximum Gasteiger partial charge on any atom is 0.0736 e. The zero-order valence-electron chi connectivity index (χ0n) is 10.7. The van der Waals surface area contributed by atoms with Gasteiger partial charge in [-0.05, 0) is 12.1 Å². The van der Waals surface area contributed by atoms with E-state index in [4.69, 9.17) is 5.73 Å². The first kappa shape index (κ1) is 12.3. The lowest BCUT2D eigenvalue weighted by Gasteiger charge is -2.34. The van der Waals surface area contributed by atoms with E-state index in [0.29, 0.717) is 6.67 Å². The molecule has 2 aromatic rings. The summed E-state index contributed by atoms with van der Waals surface area (Å²) >= 11 is 0. The second-order valence-corrected chi connectivity index (χ2v) is 4.63. The maximum atomic E-state index is 5.84. The number of rotatable bonds is 3. The van der Waals surface area contributed by atoms with Gasteiger partial charge in [-0.25, -0.2) is 0 Å². The molecule has 0 radical (unpaired) electrons. The van der Waals surface area contributed by atoms with Crippen LogP contribution in [0.1, 0.15) is 11.7 Å². The van der Waals surface area contributed by atoms with Gasteiger partial charge in [0.05, 0.1) is 23.6 Å². The Morgan fingerprint density at radius 3 is 3.16 bits per heavy atom. The number of nitrogens with two attached hydrogens (primary N) is 1. The maximum absolute atomic E-state index is 5.84. The molecule has 0 aromatic carbocycles. The summed E-state index contributed by atoms with van der Waals surface area (Å²) in [6.45, 7) is 3.34. The molecule has 100 valence electrons. The van der Waals surface area contributed by atoms with Crippen LogP contribution < -0.4 is 11.1 Å². The van der Waals surface area contributed by atoms with E-state index in [1.54, 1.807) is 6.20 Å². The fourth-order valence-electron chi connectivity index (χ4n) is 2.53. The summed E-state index contributed by atoms with van der Waals surface area (Å²) in [5.74, 6) is 0. The van der Waals surface area contributed by atoms with Gasteiger partial charge in [0.15, 0.2) is 0 Å². The number of nitrogens with zero attached hydrogens (tertiary/aromatic N) is 3. The highest BCUT2D eigenvalue weighted by atomic mass is 15.3. The fraction of sp³-hybridized carbons (Fsp3) is 0.385. The first-order valence-electron chi connectivity index (χ1n) is 6.49. The highest BCUT2D eigenvalue weighted by molar-refractivity contribution is 5.61. The lowest BCUT2D eigenvalue weighted by Crippen LogP contribution is -2.48. The summed E-state index contributed by atoms with van der Waals surface area (Å²) in [5, 5.41) is 10.7. The Morgan fingerprint density at radius 1 is 1.42 bits per heavy atom. The highest BCUT2D eigenvalue weighted by Gasteiger charge is 2.26. The second kappa shape index (κ2) is 5.48. The lowest BCUT2D eigenvalue weighted by molar-refractivity contribution is 0.163. The van der Waals surface area contributed by atoms with Crippen molar-refractivity contribution in [1.82, 2.24) is 25.4 Å². The molecule has 6 heteroatoms. The van der Waals surface area contributed by atoms with E-state index in [1.807, 2.05) is 24.4 Å². The van der Waals surface area contributed by atoms with Gasteiger partial charge in [0.1, 0.15) is 0 Å². The Hall–Kier alpha value is -1.76. The van der Waals surface area contributed by atoms with Gasteiger partial charge in [-0.1, -0.05) is 6.07 Å². The average Bonchev–Trinajstić information content (AvgIpc) is 2.97. The van der Waals surface area contributed by atoms with E-state index in [1.165, 1.54) is 0 Å². The van der Waals surface area contributed by atoms with E-state index < -0.39 is 0 Å². The molecule has 1 unspecified atom stereocenters. The molecular formula is C13H18N6. The Kier molecular flexibility index (Phi) is 3.54. The Balaban J connectivity index is 1.95. The monoisotopic (exact) mass is 258 g/mol. The molecule has 1 fully saturated rings. The lowest BCUT2D eigenvalue weighted by atomic mass is 10.0. The molecule has 19 heavy (non-hydrogen) atoms. The first-order chi connectivity index (χ1) is 9.40. The number of aromatic amines is 1. The number of hydrogen-bond acceptors (Lipinski definition) is 5. The van der Waals surface area contributed by atoms with Crippen molar-refractivity contribution >= 4 is 0 Å². The minimum atomic E-state index is 0.221. The minimum Gasteiger partial charge on any atom is -0.318 e. The van der Waals surface area contributed by atoms with Crippen molar-refractivity contribution in [2.75, 3.05) is 26.3 Å². The van der Waals surface area contributed by atoms with Crippen LogP contribution in [0.4, 0.5) is 0 Å². The second-order valence-electron chi connectivity index (χ2n) is 4.63. The van der Waals surface area contributed by atoms with Crippen LogP contribution >= 0.6 is 0 Å². The van der Waals surface area contributed by atoms with Crippen LogP contribution in [-0.2, 0) is 0 Å². The van der Waals surface area contributed by atoms with Gasteiger partial charge in [-0.15, -0.1) is 0 Å². The van der Waals surface area contributed by atoms with Gasteiger partial charge < -0.3 is 11.1 Å². The zero-order valence-corrected chi connectivity index (χ0v) is 10.7. The van der Waals surface area contributed by atoms with E-state index in [9.17, 15) is 0 Å². The van der Waals surface area contributed by atoms with Crippen molar-refractivity contribution in [3.63, 3.8) is 0 Å². The largest absolute Gasteiger partial charge is 0.318 e. The summed E-state index contributed by atoms with van der Waals surface area (Å²) in [5.41, 5.74) is 8.90. The standard InChI is InChI=1S/C13H18N6/c14-9-19-6-5-15-8-12(19)13-10(7-17-18-13)11-3-1-2-4-16-11/h1-4,7,12,15H,5-6,8-9,14H2,(H,17,18). The van der Waals surface area contributed by atoms with Gasteiger partial charge in [-0.2, -0.15) is 5.10 Å². The van der Waals surface area contributed by atoms with Crippen molar-refractivity contribution in [3.8, 4) is 11.3 Å². The topological polar surface area (TPSA) is 82.9 Å². The molecule has 0 aliphatic carbocycles. The normalized spacial score (nSPS) is 20.6. The molecule has 0 saturated carbocycles. The van der Waals surface area contributed by atoms with Crippen LogP contribution in [-0.4, -0.2) is 46.4 Å². The summed E-state index contributed by atoms with van der Waals surface area (Å²) in [4.78, 5) is 6.64. The molecule has 2 aromatic heterocycles. The third kappa shape index (κ3) is 2.37. The molecule has 1 atom stereocenters. The number of H-pyrrole nitrogens is 1. The molecule has 1 aliphatic heterocycles. The molecule has 1 saturated heterocycles. The smallest absolute Gasteiger partial charge is 0.0736 e. The van der Waals surface area contributed by atoms with Crippen LogP contribution in [0.15, 0.2) is 30.6 Å². The molecular weight excluding hydrogens is 240 g/mol. The summed E-state index contributed by atoms with van der Waals surface area (Å²) in [6.07, 6.45) is 3.63. The van der Waals surface area contributed by atoms with E-state index in [2.05, 4.69) is 25.4 Å². The van der Waals surface area contributed by atoms with Crippen LogP contribution in [0.25, 0.3) is 11.3 Å². The van der Waals surface area contributed by atoms with E-state index in [0.717, 1.165) is 36.6 Å². The molecule has 0 spiro atoms. The number of hydrogen-bond donors (Lipinski definition) is 3. The molecule has 3 heterocycles. The predicted octanol–water partition coefficient (Wildman–Crippen LogP) is 0.334. The van der Waals surface area contributed by atoms with Gasteiger partial charge in [0.2, 0.25) is 0 Å². The van der Waals surface area contributed by atoms with Crippen molar-refractivity contribution < 1.29 is 0 Å². The van der Waals surface area contributed by atoms with E-state index in [-0.39, 0.29) is 6.04 Å². The first-order valence-corrected chi connectivity index (χ1v) is 6.49. The Labute approximate surface area is 112 Å². The Morgan fingerprint density at radius 2 is 2.37 bits per heavy atom. The van der Waals surface area contributed by atoms with E-state index >= 15 is 0 Å². The third-order valence-electron chi connectivity index (χ3n) is 3.53. The van der Waals surface area contributed by atoms with Gasteiger partial charge in [0.25, 0.3) is 0 Å². The minimum absolute atomic E-state index is 0.221. The molecule has 0 amide bonds.